The molecule has 0 spiro atoms. The fourth-order valence-corrected chi connectivity index (χ4v) is 2.09. The summed E-state index contributed by atoms with van der Waals surface area (Å²) in [7, 11) is 1.70. The zero-order chi connectivity index (χ0) is 15.9. The molecule has 2 rings (SSSR count). The first-order valence-corrected chi connectivity index (χ1v) is 7.09. The Morgan fingerprint density at radius 2 is 2.32 bits per heavy atom. The van der Waals surface area contributed by atoms with Gasteiger partial charge in [0.25, 0.3) is 0 Å². The number of amides is 2. The molecule has 1 aliphatic rings. The van der Waals surface area contributed by atoms with E-state index in [1.54, 1.807) is 18.1 Å². The minimum absolute atomic E-state index is 0.00587. The fraction of sp³-hybridized carbons (Fsp3) is 0.438. The third-order valence-corrected chi connectivity index (χ3v) is 3.38. The molecule has 1 aromatic heterocycles. The Labute approximate surface area is 129 Å². The van der Waals surface area contributed by atoms with Crippen LogP contribution in [0.4, 0.5) is 0 Å². The first-order valence-electron chi connectivity index (χ1n) is 7.09. The van der Waals surface area contributed by atoms with E-state index in [-0.39, 0.29) is 37.3 Å². The number of hydrogen-bond acceptors (Lipinski definition) is 4. The van der Waals surface area contributed by atoms with Gasteiger partial charge < -0.3 is 15.0 Å². The first kappa shape index (κ1) is 15.8. The summed E-state index contributed by atoms with van der Waals surface area (Å²) in [5.41, 5.74) is 0.928. The molecule has 1 aromatic rings. The predicted octanol–water partition coefficient (Wildman–Crippen LogP) is 0.367. The number of pyridine rings is 1. The Kier molecular flexibility index (Phi) is 5.37. The van der Waals surface area contributed by atoms with Gasteiger partial charge in [-0.2, -0.15) is 0 Å². The molecule has 1 atom stereocenters. The molecule has 0 aliphatic carbocycles. The molecule has 1 N–H and O–H groups in total. The number of rotatable bonds is 4. The molecule has 22 heavy (non-hydrogen) atoms. The quantitative estimate of drug-likeness (QED) is 0.816. The van der Waals surface area contributed by atoms with Gasteiger partial charge in [0, 0.05) is 25.7 Å². The van der Waals surface area contributed by atoms with Crippen molar-refractivity contribution in [2.24, 2.45) is 5.92 Å². The van der Waals surface area contributed by atoms with E-state index in [4.69, 9.17) is 4.74 Å². The summed E-state index contributed by atoms with van der Waals surface area (Å²) < 4.78 is 5.40. The van der Waals surface area contributed by atoms with Crippen molar-refractivity contribution in [3.63, 3.8) is 0 Å². The molecule has 0 saturated carbocycles. The van der Waals surface area contributed by atoms with E-state index in [0.717, 1.165) is 5.69 Å². The van der Waals surface area contributed by atoms with Gasteiger partial charge in [0.1, 0.15) is 12.4 Å². The number of aryl methyl sites for hydroxylation is 1. The molecule has 1 aliphatic heterocycles. The van der Waals surface area contributed by atoms with Crippen molar-refractivity contribution < 1.29 is 14.3 Å². The molecule has 1 unspecified atom stereocenters. The van der Waals surface area contributed by atoms with Gasteiger partial charge in [-0.1, -0.05) is 11.8 Å². The molecule has 1 fully saturated rings. The highest BCUT2D eigenvalue weighted by atomic mass is 16.5. The Bertz CT molecular complexity index is 601. The molecule has 0 bridgehead atoms. The molecule has 0 aromatic carbocycles. The lowest BCUT2D eigenvalue weighted by Gasteiger charge is -2.09. The number of carbonyl (C=O) groups is 2. The van der Waals surface area contributed by atoms with Crippen LogP contribution in [0, 0.1) is 24.7 Å². The third kappa shape index (κ3) is 4.48. The molecule has 6 heteroatoms. The van der Waals surface area contributed by atoms with Crippen LogP contribution in [0.2, 0.25) is 0 Å². The van der Waals surface area contributed by atoms with Gasteiger partial charge >= 0.3 is 0 Å². The van der Waals surface area contributed by atoms with E-state index < -0.39 is 0 Å². The lowest BCUT2D eigenvalue weighted by molar-refractivity contribution is -0.128. The van der Waals surface area contributed by atoms with Crippen LogP contribution in [0.3, 0.4) is 0 Å². The van der Waals surface area contributed by atoms with Gasteiger partial charge in [0.2, 0.25) is 11.8 Å². The average molecular weight is 301 g/mol. The molecular weight excluding hydrogens is 282 g/mol. The fourth-order valence-electron chi connectivity index (χ4n) is 2.09. The zero-order valence-electron chi connectivity index (χ0n) is 12.8. The Balaban J connectivity index is 1.65. The standard InChI is InChI=1S/C16H19N3O3/c1-12-5-6-14(10-18-12)22-8-4-3-7-17-16(21)13-9-15(20)19(2)11-13/h5-6,10,13H,7-9,11H2,1-2H3,(H,17,21). The number of hydrogen-bond donors (Lipinski definition) is 1. The van der Waals surface area contributed by atoms with Gasteiger partial charge in [-0.3, -0.25) is 14.6 Å². The lowest BCUT2D eigenvalue weighted by atomic mass is 10.1. The first-order chi connectivity index (χ1) is 10.6. The molecule has 116 valence electrons. The topological polar surface area (TPSA) is 71.5 Å². The van der Waals surface area contributed by atoms with Crippen molar-refractivity contribution in [2.75, 3.05) is 26.7 Å². The van der Waals surface area contributed by atoms with Gasteiger partial charge in [0.15, 0.2) is 0 Å². The maximum Gasteiger partial charge on any atom is 0.226 e. The van der Waals surface area contributed by atoms with Crippen molar-refractivity contribution in [3.05, 3.63) is 24.0 Å². The lowest BCUT2D eigenvalue weighted by Crippen LogP contribution is -2.32. The maximum atomic E-state index is 11.8. The molecule has 6 nitrogen and oxygen atoms in total. The van der Waals surface area contributed by atoms with E-state index in [9.17, 15) is 9.59 Å². The van der Waals surface area contributed by atoms with Gasteiger partial charge in [0.05, 0.1) is 18.7 Å². The summed E-state index contributed by atoms with van der Waals surface area (Å²) in [5.74, 6) is 5.91. The Hall–Kier alpha value is -2.55. The van der Waals surface area contributed by atoms with Crippen molar-refractivity contribution >= 4 is 11.8 Å². The SMILES string of the molecule is Cc1ccc(OCC#CCNC(=O)C2CC(=O)N(C)C2)cn1. The van der Waals surface area contributed by atoms with E-state index in [1.807, 2.05) is 19.1 Å². The zero-order valence-corrected chi connectivity index (χ0v) is 12.8. The largest absolute Gasteiger partial charge is 0.479 e. The number of carbonyl (C=O) groups excluding carboxylic acids is 2. The van der Waals surface area contributed by atoms with Crippen molar-refractivity contribution in [1.29, 1.82) is 0 Å². The van der Waals surface area contributed by atoms with Gasteiger partial charge in [-0.25, -0.2) is 0 Å². The van der Waals surface area contributed by atoms with Crippen LogP contribution in [-0.2, 0) is 9.59 Å². The van der Waals surface area contributed by atoms with Crippen LogP contribution < -0.4 is 10.1 Å². The van der Waals surface area contributed by atoms with Crippen LogP contribution in [0.5, 0.6) is 5.75 Å². The highest BCUT2D eigenvalue weighted by molar-refractivity contribution is 5.89. The summed E-state index contributed by atoms with van der Waals surface area (Å²) in [5, 5.41) is 2.71. The molecule has 2 amide bonds. The van der Waals surface area contributed by atoms with E-state index in [0.29, 0.717) is 12.3 Å². The van der Waals surface area contributed by atoms with Crippen molar-refractivity contribution in [2.45, 2.75) is 13.3 Å². The number of nitrogens with zero attached hydrogens (tertiary/aromatic N) is 2. The summed E-state index contributed by atoms with van der Waals surface area (Å²) in [6.45, 7) is 2.87. The number of ether oxygens (including phenoxy) is 1. The van der Waals surface area contributed by atoms with Gasteiger partial charge in [-0.15, -0.1) is 0 Å². The van der Waals surface area contributed by atoms with Crippen LogP contribution >= 0.6 is 0 Å². The second kappa shape index (κ2) is 7.46. The summed E-state index contributed by atoms with van der Waals surface area (Å²) in [4.78, 5) is 28.9. The highest BCUT2D eigenvalue weighted by Crippen LogP contribution is 2.15. The van der Waals surface area contributed by atoms with Crippen LogP contribution in [0.25, 0.3) is 0 Å². The minimum Gasteiger partial charge on any atom is -0.479 e. The number of aromatic nitrogens is 1. The summed E-state index contributed by atoms with van der Waals surface area (Å²) >= 11 is 0. The Morgan fingerprint density at radius 1 is 1.50 bits per heavy atom. The molecule has 2 heterocycles. The molecule has 0 radical (unpaired) electrons. The molecular formula is C16H19N3O3. The van der Waals surface area contributed by atoms with E-state index >= 15 is 0 Å². The van der Waals surface area contributed by atoms with Crippen molar-refractivity contribution in [1.82, 2.24) is 15.2 Å². The van der Waals surface area contributed by atoms with Gasteiger partial charge in [-0.05, 0) is 19.1 Å². The highest BCUT2D eigenvalue weighted by Gasteiger charge is 2.31. The minimum atomic E-state index is -0.269. The smallest absolute Gasteiger partial charge is 0.226 e. The second-order valence-corrected chi connectivity index (χ2v) is 5.17. The van der Waals surface area contributed by atoms with E-state index in [2.05, 4.69) is 22.1 Å². The van der Waals surface area contributed by atoms with Crippen LogP contribution in [-0.4, -0.2) is 48.4 Å². The number of likely N-dealkylation sites (tertiary alicyclic amines) is 1. The van der Waals surface area contributed by atoms with Crippen LogP contribution in [0.15, 0.2) is 18.3 Å². The predicted molar refractivity (Wildman–Crippen MR) is 81.0 cm³/mol. The Morgan fingerprint density at radius 3 is 2.95 bits per heavy atom. The maximum absolute atomic E-state index is 11.8. The van der Waals surface area contributed by atoms with E-state index in [1.165, 1.54) is 0 Å². The summed E-state index contributed by atoms with van der Waals surface area (Å²) in [6.07, 6.45) is 1.92. The normalized spacial score (nSPS) is 16.9. The second-order valence-electron chi connectivity index (χ2n) is 5.17. The number of nitrogens with one attached hydrogen (secondary N) is 1. The monoisotopic (exact) mass is 301 g/mol. The third-order valence-electron chi connectivity index (χ3n) is 3.38. The summed E-state index contributed by atoms with van der Waals surface area (Å²) in [6, 6.07) is 3.70. The van der Waals surface area contributed by atoms with Crippen molar-refractivity contribution in [3.8, 4) is 17.6 Å². The average Bonchev–Trinajstić information content (AvgIpc) is 2.84. The molecule has 1 saturated heterocycles. The van der Waals surface area contributed by atoms with Crippen LogP contribution in [0.1, 0.15) is 12.1 Å².